The van der Waals surface area contributed by atoms with Crippen LogP contribution in [0.5, 0.6) is 0 Å². The van der Waals surface area contributed by atoms with Crippen LogP contribution in [0, 0.1) is 4.77 Å². The van der Waals surface area contributed by atoms with Crippen LogP contribution in [0.2, 0.25) is 0 Å². The third-order valence-corrected chi connectivity index (χ3v) is 5.28. The summed E-state index contributed by atoms with van der Waals surface area (Å²) in [6.45, 7) is 3.27. The number of nitrogens with zero attached hydrogens (tertiary/aromatic N) is 3. The Bertz CT molecular complexity index is 480. The fraction of sp³-hybridized carbons (Fsp3) is 0.867. The summed E-state index contributed by atoms with van der Waals surface area (Å²) in [7, 11) is 0. The molecule has 2 aliphatic carbocycles. The Hall–Kier alpha value is -0.840. The summed E-state index contributed by atoms with van der Waals surface area (Å²) in [5.74, 6) is 1.09. The van der Waals surface area contributed by atoms with E-state index in [1.54, 1.807) is 0 Å². The van der Waals surface area contributed by atoms with Gasteiger partial charge in [-0.3, -0.25) is 4.57 Å². The molecule has 1 heterocycles. The van der Waals surface area contributed by atoms with Crippen molar-refractivity contribution in [2.45, 2.75) is 76.8 Å². The Kier molecular flexibility index (Phi) is 4.44. The molecule has 4 nitrogen and oxygen atoms in total. The van der Waals surface area contributed by atoms with E-state index in [1.165, 1.54) is 57.8 Å². The Balaban J connectivity index is 1.89. The first-order valence-corrected chi connectivity index (χ1v) is 8.65. The van der Waals surface area contributed by atoms with Crippen LogP contribution in [0.25, 0.3) is 0 Å². The van der Waals surface area contributed by atoms with Crippen molar-refractivity contribution in [3.05, 3.63) is 4.77 Å². The molecule has 3 rings (SSSR count). The molecule has 5 heteroatoms. The van der Waals surface area contributed by atoms with Crippen molar-refractivity contribution in [1.29, 1.82) is 0 Å². The van der Waals surface area contributed by atoms with E-state index >= 15 is 0 Å². The Labute approximate surface area is 126 Å². The largest absolute Gasteiger partial charge is 0.338 e. The lowest BCUT2D eigenvalue weighted by molar-refractivity contribution is 0.404. The number of rotatable bonds is 4. The minimum Gasteiger partial charge on any atom is -0.338 e. The van der Waals surface area contributed by atoms with Crippen LogP contribution < -0.4 is 4.90 Å². The molecule has 0 aliphatic heterocycles. The Morgan fingerprint density at radius 2 is 1.80 bits per heavy atom. The molecular formula is C15H26N4S. The zero-order chi connectivity index (χ0) is 13.9. The minimum atomic E-state index is 0.564. The average molecular weight is 294 g/mol. The minimum absolute atomic E-state index is 0.564. The predicted molar refractivity (Wildman–Crippen MR) is 84.8 cm³/mol. The fourth-order valence-electron chi connectivity index (χ4n) is 3.95. The van der Waals surface area contributed by atoms with E-state index in [1.807, 2.05) is 0 Å². The molecule has 112 valence electrons. The van der Waals surface area contributed by atoms with Gasteiger partial charge in [0.15, 0.2) is 4.77 Å². The molecule has 0 radical (unpaired) electrons. The van der Waals surface area contributed by atoms with Gasteiger partial charge in [-0.15, -0.1) is 5.10 Å². The lowest BCUT2D eigenvalue weighted by atomic mass is 9.94. The first kappa shape index (κ1) is 14.1. The highest BCUT2D eigenvalue weighted by atomic mass is 32.1. The summed E-state index contributed by atoms with van der Waals surface area (Å²) in [5, 5.41) is 7.62. The molecule has 1 N–H and O–H groups in total. The van der Waals surface area contributed by atoms with Crippen molar-refractivity contribution < 1.29 is 0 Å². The van der Waals surface area contributed by atoms with Crippen LogP contribution in [-0.4, -0.2) is 27.4 Å². The standard InChI is InChI=1S/C15H26N4S/c1-2-18(12-8-4-3-5-9-12)14-16-17-15(20)19(14)13-10-6-7-11-13/h12-13H,2-11H2,1H3,(H,17,20). The predicted octanol–water partition coefficient (Wildman–Crippen LogP) is 4.21. The first-order chi connectivity index (χ1) is 9.81. The molecule has 0 unspecified atom stereocenters. The van der Waals surface area contributed by atoms with Crippen molar-refractivity contribution >= 4 is 18.2 Å². The second kappa shape index (κ2) is 6.29. The molecular weight excluding hydrogens is 268 g/mol. The number of H-pyrrole nitrogens is 1. The Morgan fingerprint density at radius 1 is 1.15 bits per heavy atom. The number of hydrogen-bond acceptors (Lipinski definition) is 3. The van der Waals surface area contributed by atoms with Gasteiger partial charge in [-0.2, -0.15) is 0 Å². The smallest absolute Gasteiger partial charge is 0.226 e. The number of nitrogens with one attached hydrogen (secondary N) is 1. The van der Waals surface area contributed by atoms with Gasteiger partial charge in [0.1, 0.15) is 0 Å². The van der Waals surface area contributed by atoms with Crippen molar-refractivity contribution in [2.75, 3.05) is 11.4 Å². The maximum absolute atomic E-state index is 5.50. The van der Waals surface area contributed by atoms with Crippen LogP contribution in [0.4, 0.5) is 5.95 Å². The normalized spacial score (nSPS) is 21.4. The van der Waals surface area contributed by atoms with Crippen molar-refractivity contribution in [1.82, 2.24) is 14.8 Å². The number of aromatic amines is 1. The monoisotopic (exact) mass is 294 g/mol. The van der Waals surface area contributed by atoms with Crippen LogP contribution in [-0.2, 0) is 0 Å². The van der Waals surface area contributed by atoms with Gasteiger partial charge in [-0.25, -0.2) is 5.10 Å². The number of hydrogen-bond donors (Lipinski definition) is 1. The lowest BCUT2D eigenvalue weighted by Gasteiger charge is -2.35. The quantitative estimate of drug-likeness (QED) is 0.845. The highest BCUT2D eigenvalue weighted by molar-refractivity contribution is 7.71. The SMILES string of the molecule is CCN(c1n[nH]c(=S)n1C1CCCC1)C1CCCCC1. The summed E-state index contributed by atoms with van der Waals surface area (Å²) in [6, 6.07) is 1.22. The maximum Gasteiger partial charge on any atom is 0.226 e. The van der Waals surface area contributed by atoms with Gasteiger partial charge < -0.3 is 4.90 Å². The van der Waals surface area contributed by atoms with E-state index in [2.05, 4.69) is 26.6 Å². The lowest BCUT2D eigenvalue weighted by Crippen LogP contribution is -2.38. The highest BCUT2D eigenvalue weighted by Gasteiger charge is 2.27. The molecule has 0 bridgehead atoms. The van der Waals surface area contributed by atoms with E-state index in [4.69, 9.17) is 12.2 Å². The van der Waals surface area contributed by atoms with E-state index in [0.717, 1.165) is 17.3 Å². The van der Waals surface area contributed by atoms with Crippen molar-refractivity contribution in [2.24, 2.45) is 0 Å². The summed E-state index contributed by atoms with van der Waals surface area (Å²) in [5.41, 5.74) is 0. The first-order valence-electron chi connectivity index (χ1n) is 8.24. The summed E-state index contributed by atoms with van der Waals surface area (Å²) < 4.78 is 3.11. The highest BCUT2D eigenvalue weighted by Crippen LogP contribution is 2.34. The second-order valence-electron chi connectivity index (χ2n) is 6.21. The molecule has 0 spiro atoms. The molecule has 20 heavy (non-hydrogen) atoms. The van der Waals surface area contributed by atoms with Gasteiger partial charge in [0, 0.05) is 18.6 Å². The molecule has 2 fully saturated rings. The van der Waals surface area contributed by atoms with E-state index in [0.29, 0.717) is 12.1 Å². The molecule has 0 aromatic carbocycles. The summed E-state index contributed by atoms with van der Waals surface area (Å²) >= 11 is 5.50. The Morgan fingerprint density at radius 3 is 2.45 bits per heavy atom. The van der Waals surface area contributed by atoms with Gasteiger partial charge in [-0.05, 0) is 44.8 Å². The van der Waals surface area contributed by atoms with Crippen LogP contribution in [0.3, 0.4) is 0 Å². The third kappa shape index (κ3) is 2.65. The van der Waals surface area contributed by atoms with Crippen molar-refractivity contribution in [3.63, 3.8) is 0 Å². The summed E-state index contributed by atoms with van der Waals surface area (Å²) in [4.78, 5) is 2.49. The molecule has 2 aliphatic rings. The second-order valence-corrected chi connectivity index (χ2v) is 6.60. The van der Waals surface area contributed by atoms with Crippen LogP contribution in [0.15, 0.2) is 0 Å². The number of aromatic nitrogens is 3. The molecule has 1 aromatic rings. The molecule has 2 saturated carbocycles. The third-order valence-electron chi connectivity index (χ3n) is 4.99. The number of anilines is 1. The van der Waals surface area contributed by atoms with Gasteiger partial charge >= 0.3 is 0 Å². The fourth-order valence-corrected chi connectivity index (χ4v) is 4.22. The summed E-state index contributed by atoms with van der Waals surface area (Å²) in [6.07, 6.45) is 11.9. The van der Waals surface area contributed by atoms with Gasteiger partial charge in [-0.1, -0.05) is 32.1 Å². The van der Waals surface area contributed by atoms with Gasteiger partial charge in [0.05, 0.1) is 0 Å². The maximum atomic E-state index is 5.50. The van der Waals surface area contributed by atoms with Crippen molar-refractivity contribution in [3.8, 4) is 0 Å². The van der Waals surface area contributed by atoms with E-state index in [-0.39, 0.29) is 0 Å². The molecule has 0 atom stereocenters. The topological polar surface area (TPSA) is 36.9 Å². The molecule has 1 aromatic heterocycles. The molecule has 0 amide bonds. The van der Waals surface area contributed by atoms with E-state index in [9.17, 15) is 0 Å². The van der Waals surface area contributed by atoms with Crippen LogP contribution in [0.1, 0.15) is 70.8 Å². The average Bonchev–Trinajstić information content (AvgIpc) is 3.11. The van der Waals surface area contributed by atoms with Gasteiger partial charge in [0.25, 0.3) is 0 Å². The van der Waals surface area contributed by atoms with Gasteiger partial charge in [0.2, 0.25) is 5.95 Å². The van der Waals surface area contributed by atoms with E-state index < -0.39 is 0 Å². The zero-order valence-electron chi connectivity index (χ0n) is 12.5. The zero-order valence-corrected chi connectivity index (χ0v) is 13.3. The molecule has 0 saturated heterocycles. The van der Waals surface area contributed by atoms with Crippen LogP contribution >= 0.6 is 12.2 Å².